The molecule has 2 aliphatic rings. The van der Waals surface area contributed by atoms with Gasteiger partial charge in [-0.3, -0.25) is 0 Å². The molecule has 0 aliphatic carbocycles. The summed E-state index contributed by atoms with van der Waals surface area (Å²) < 4.78 is 24.1. The summed E-state index contributed by atoms with van der Waals surface area (Å²) in [4.78, 5) is 13.3. The van der Waals surface area contributed by atoms with Crippen LogP contribution in [-0.4, -0.2) is 18.6 Å². The maximum atomic E-state index is 13.5. The molecule has 2 aromatic rings. The lowest BCUT2D eigenvalue weighted by atomic mass is 10.0. The zero-order valence-electron chi connectivity index (χ0n) is 13.4. The molecule has 2 amide bonds. The first-order valence-electron chi connectivity index (χ1n) is 8.04. The van der Waals surface area contributed by atoms with Gasteiger partial charge < -0.3 is 20.1 Å². The van der Waals surface area contributed by atoms with Crippen molar-refractivity contribution in [2.45, 2.75) is 23.9 Å². The molecule has 2 heterocycles. The van der Waals surface area contributed by atoms with Gasteiger partial charge in [-0.05, 0) is 47.9 Å². The second-order valence-electron chi connectivity index (χ2n) is 5.89. The monoisotopic (exact) mass is 360 g/mol. The number of hydrogen-bond acceptors (Lipinski definition) is 4. The molecule has 2 N–H and O–H groups in total. The van der Waals surface area contributed by atoms with Gasteiger partial charge in [-0.15, -0.1) is 11.8 Å². The van der Waals surface area contributed by atoms with Crippen LogP contribution < -0.4 is 20.1 Å². The Kier molecular flexibility index (Phi) is 4.40. The summed E-state index contributed by atoms with van der Waals surface area (Å²) in [5.74, 6) is 2.01. The van der Waals surface area contributed by atoms with E-state index in [-0.39, 0.29) is 24.7 Å². The third-order valence-corrected chi connectivity index (χ3v) is 5.33. The smallest absolute Gasteiger partial charge is 0.315 e. The Morgan fingerprint density at radius 2 is 2.08 bits per heavy atom. The van der Waals surface area contributed by atoms with Crippen molar-refractivity contribution >= 4 is 17.8 Å². The van der Waals surface area contributed by atoms with E-state index in [2.05, 4.69) is 10.6 Å². The number of thioether (sulfide) groups is 1. The number of fused-ring (bicyclic) bond motifs is 2. The number of carbonyl (C=O) groups excluding carboxylic acids is 1. The van der Waals surface area contributed by atoms with Crippen LogP contribution in [0.2, 0.25) is 0 Å². The Morgan fingerprint density at radius 3 is 3.00 bits per heavy atom. The van der Waals surface area contributed by atoms with Crippen molar-refractivity contribution in [3.8, 4) is 11.5 Å². The third-order valence-electron chi connectivity index (χ3n) is 4.21. The minimum Gasteiger partial charge on any atom is -0.454 e. The van der Waals surface area contributed by atoms with Crippen molar-refractivity contribution in [2.75, 3.05) is 12.5 Å². The predicted molar refractivity (Wildman–Crippen MR) is 92.4 cm³/mol. The van der Waals surface area contributed by atoms with Crippen LogP contribution in [0.25, 0.3) is 0 Å². The number of nitrogens with one attached hydrogen (secondary N) is 2. The first kappa shape index (κ1) is 16.1. The van der Waals surface area contributed by atoms with Gasteiger partial charge in [0.05, 0.1) is 6.04 Å². The lowest BCUT2D eigenvalue weighted by Gasteiger charge is -2.26. The molecule has 2 aliphatic heterocycles. The summed E-state index contributed by atoms with van der Waals surface area (Å²) >= 11 is 1.69. The van der Waals surface area contributed by atoms with Crippen LogP contribution in [0.1, 0.15) is 23.6 Å². The van der Waals surface area contributed by atoms with E-state index in [1.807, 2.05) is 18.2 Å². The first-order chi connectivity index (χ1) is 12.2. The molecule has 25 heavy (non-hydrogen) atoms. The number of urea groups is 1. The number of ether oxygens (including phenoxy) is 2. The summed E-state index contributed by atoms with van der Waals surface area (Å²) in [7, 11) is 0. The second-order valence-corrected chi connectivity index (χ2v) is 7.02. The molecule has 0 saturated carbocycles. The molecule has 130 valence electrons. The maximum Gasteiger partial charge on any atom is 0.315 e. The molecule has 0 aromatic heterocycles. The lowest BCUT2D eigenvalue weighted by molar-refractivity contribution is 0.174. The van der Waals surface area contributed by atoms with Gasteiger partial charge in [-0.1, -0.05) is 6.07 Å². The minimum absolute atomic E-state index is 0.177. The third kappa shape index (κ3) is 3.51. The molecule has 1 atom stereocenters. The van der Waals surface area contributed by atoms with Crippen LogP contribution in [0.4, 0.5) is 9.18 Å². The number of rotatable bonds is 3. The van der Waals surface area contributed by atoms with E-state index in [4.69, 9.17) is 9.47 Å². The number of amides is 2. The molecule has 1 unspecified atom stereocenters. The molecule has 0 radical (unpaired) electrons. The quantitative estimate of drug-likeness (QED) is 0.878. The van der Waals surface area contributed by atoms with Gasteiger partial charge in [0, 0.05) is 17.2 Å². The van der Waals surface area contributed by atoms with Crippen LogP contribution in [0.3, 0.4) is 0 Å². The average molecular weight is 360 g/mol. The van der Waals surface area contributed by atoms with Gasteiger partial charge in [0.2, 0.25) is 6.79 Å². The van der Waals surface area contributed by atoms with Gasteiger partial charge in [0.1, 0.15) is 5.82 Å². The molecule has 0 bridgehead atoms. The minimum atomic E-state index is -0.284. The molecular weight excluding hydrogens is 343 g/mol. The lowest BCUT2D eigenvalue weighted by Crippen LogP contribution is -2.38. The fraction of sp³-hybridized carbons (Fsp3) is 0.278. The van der Waals surface area contributed by atoms with Gasteiger partial charge in [-0.25, -0.2) is 9.18 Å². The van der Waals surface area contributed by atoms with Crippen molar-refractivity contribution in [3.05, 3.63) is 53.3 Å². The van der Waals surface area contributed by atoms with Crippen LogP contribution >= 0.6 is 11.8 Å². The Balaban J connectivity index is 1.38. The number of hydrogen-bond donors (Lipinski definition) is 2. The van der Waals surface area contributed by atoms with E-state index in [0.717, 1.165) is 28.2 Å². The number of carbonyl (C=O) groups is 1. The van der Waals surface area contributed by atoms with E-state index in [1.165, 1.54) is 12.1 Å². The molecule has 4 rings (SSSR count). The molecule has 5 nitrogen and oxygen atoms in total. The number of halogens is 1. The summed E-state index contributed by atoms with van der Waals surface area (Å²) in [6.07, 6.45) is 0.776. The highest BCUT2D eigenvalue weighted by Gasteiger charge is 2.23. The van der Waals surface area contributed by atoms with E-state index < -0.39 is 0 Å². The topological polar surface area (TPSA) is 59.6 Å². The van der Waals surface area contributed by atoms with Gasteiger partial charge >= 0.3 is 6.03 Å². The molecule has 0 spiro atoms. The maximum absolute atomic E-state index is 13.5. The van der Waals surface area contributed by atoms with Crippen molar-refractivity contribution in [1.29, 1.82) is 0 Å². The van der Waals surface area contributed by atoms with Crippen molar-refractivity contribution < 1.29 is 18.7 Å². The van der Waals surface area contributed by atoms with Gasteiger partial charge in [0.15, 0.2) is 11.5 Å². The van der Waals surface area contributed by atoms with Crippen molar-refractivity contribution in [1.82, 2.24) is 10.6 Å². The zero-order valence-corrected chi connectivity index (χ0v) is 14.2. The Morgan fingerprint density at radius 1 is 1.20 bits per heavy atom. The Bertz CT molecular complexity index is 815. The van der Waals surface area contributed by atoms with Gasteiger partial charge in [-0.2, -0.15) is 0 Å². The van der Waals surface area contributed by atoms with Gasteiger partial charge in [0.25, 0.3) is 0 Å². The molecule has 0 saturated heterocycles. The van der Waals surface area contributed by atoms with Crippen molar-refractivity contribution in [3.63, 3.8) is 0 Å². The fourth-order valence-corrected chi connectivity index (χ4v) is 4.06. The zero-order chi connectivity index (χ0) is 17.2. The molecule has 7 heteroatoms. The van der Waals surface area contributed by atoms with E-state index in [9.17, 15) is 9.18 Å². The molecule has 2 aromatic carbocycles. The number of benzene rings is 2. The second kappa shape index (κ2) is 6.84. The highest BCUT2D eigenvalue weighted by atomic mass is 32.2. The summed E-state index contributed by atoms with van der Waals surface area (Å²) in [5.41, 5.74) is 1.76. The Hall–Kier alpha value is -2.41. The standard InChI is InChI=1S/C18H17FN2O3S/c19-12-2-4-17-13(8-12)14(5-6-25-17)21-18(22)20-9-11-1-3-15-16(7-11)24-10-23-15/h1-4,7-8,14H,5-6,9-10H2,(H2,20,21,22). The summed E-state index contributed by atoms with van der Waals surface area (Å²) in [6.45, 7) is 0.600. The van der Waals surface area contributed by atoms with Crippen LogP contribution in [0.15, 0.2) is 41.3 Å². The fourth-order valence-electron chi connectivity index (χ4n) is 2.96. The highest BCUT2D eigenvalue weighted by molar-refractivity contribution is 7.99. The van der Waals surface area contributed by atoms with Crippen LogP contribution in [0.5, 0.6) is 11.5 Å². The SMILES string of the molecule is O=C(NCc1ccc2c(c1)OCO2)NC1CCSc2ccc(F)cc21. The van der Waals surface area contributed by atoms with E-state index in [1.54, 1.807) is 17.8 Å². The predicted octanol–water partition coefficient (Wildman–Crippen LogP) is 3.59. The summed E-state index contributed by atoms with van der Waals surface area (Å²) in [5, 5.41) is 5.77. The van der Waals surface area contributed by atoms with Crippen molar-refractivity contribution in [2.24, 2.45) is 0 Å². The average Bonchev–Trinajstić information content (AvgIpc) is 3.08. The molecular formula is C18H17FN2O3S. The summed E-state index contributed by atoms with van der Waals surface area (Å²) in [6, 6.07) is 9.84. The molecule has 0 fully saturated rings. The normalized spacial score (nSPS) is 17.7. The van der Waals surface area contributed by atoms with E-state index >= 15 is 0 Å². The highest BCUT2D eigenvalue weighted by Crippen LogP contribution is 2.36. The Labute approximate surface area is 148 Å². The first-order valence-corrected chi connectivity index (χ1v) is 9.03. The van der Waals surface area contributed by atoms with Crippen LogP contribution in [0, 0.1) is 5.82 Å². The largest absolute Gasteiger partial charge is 0.454 e. The van der Waals surface area contributed by atoms with E-state index in [0.29, 0.717) is 18.0 Å². The van der Waals surface area contributed by atoms with Crippen LogP contribution in [-0.2, 0) is 6.54 Å².